The highest BCUT2D eigenvalue weighted by Gasteiger charge is 2.62. The molecular weight excluding hydrogens is 383 g/mol. The Labute approximate surface area is 165 Å². The van der Waals surface area contributed by atoms with E-state index in [1.165, 1.54) is 29.2 Å². The Kier molecular flexibility index (Phi) is 4.80. The number of alkyl halides is 2. The van der Waals surface area contributed by atoms with Crippen LogP contribution >= 0.6 is 0 Å². The van der Waals surface area contributed by atoms with Gasteiger partial charge < -0.3 is 10.2 Å². The van der Waals surface area contributed by atoms with E-state index in [9.17, 15) is 22.8 Å². The third-order valence-corrected chi connectivity index (χ3v) is 5.35. The van der Waals surface area contributed by atoms with Crippen molar-refractivity contribution in [1.82, 2.24) is 10.3 Å². The number of benzene rings is 1. The first-order valence-corrected chi connectivity index (χ1v) is 9.52. The van der Waals surface area contributed by atoms with E-state index in [1.54, 1.807) is 19.1 Å². The van der Waals surface area contributed by atoms with Crippen LogP contribution in [0.25, 0.3) is 0 Å². The number of pyridine rings is 1. The summed E-state index contributed by atoms with van der Waals surface area (Å²) in [7, 11) is 0. The largest absolute Gasteiger partial charge is 0.344 e. The predicted molar refractivity (Wildman–Crippen MR) is 100 cm³/mol. The molecule has 1 aliphatic carbocycles. The number of fused-ring (bicyclic) bond motifs is 1. The van der Waals surface area contributed by atoms with Gasteiger partial charge in [0.1, 0.15) is 11.7 Å². The van der Waals surface area contributed by atoms with Crippen LogP contribution in [0.5, 0.6) is 0 Å². The van der Waals surface area contributed by atoms with E-state index in [1.807, 2.05) is 0 Å². The minimum atomic E-state index is -2.90. The average molecular weight is 403 g/mol. The van der Waals surface area contributed by atoms with Crippen LogP contribution in [0.2, 0.25) is 0 Å². The molecule has 1 aromatic heterocycles. The third-order valence-electron chi connectivity index (χ3n) is 5.35. The molecule has 2 amide bonds. The molecule has 1 saturated carbocycles. The smallest absolute Gasteiger partial charge is 0.260 e. The van der Waals surface area contributed by atoms with Crippen molar-refractivity contribution >= 4 is 17.5 Å². The van der Waals surface area contributed by atoms with E-state index in [0.29, 0.717) is 42.0 Å². The summed E-state index contributed by atoms with van der Waals surface area (Å²) in [6.45, 7) is 2.17. The molecule has 1 unspecified atom stereocenters. The zero-order chi connectivity index (χ0) is 20.8. The fraction of sp³-hybridized carbons (Fsp3) is 0.381. The number of hydrogen-bond acceptors (Lipinski definition) is 3. The van der Waals surface area contributed by atoms with E-state index in [0.717, 1.165) is 0 Å². The molecule has 0 radical (unpaired) electrons. The number of halogens is 3. The number of nitrogens with one attached hydrogen (secondary N) is 1. The van der Waals surface area contributed by atoms with E-state index >= 15 is 0 Å². The van der Waals surface area contributed by atoms with E-state index in [-0.39, 0.29) is 5.91 Å². The van der Waals surface area contributed by atoms with Crippen molar-refractivity contribution in [2.24, 2.45) is 5.92 Å². The van der Waals surface area contributed by atoms with Crippen LogP contribution in [0.1, 0.15) is 47.6 Å². The summed E-state index contributed by atoms with van der Waals surface area (Å²) in [5.41, 5.74) is 2.15. The lowest BCUT2D eigenvalue weighted by atomic mass is 10.0. The van der Waals surface area contributed by atoms with Gasteiger partial charge in [-0.1, -0.05) is 0 Å². The van der Waals surface area contributed by atoms with Gasteiger partial charge in [-0.05, 0) is 56.2 Å². The van der Waals surface area contributed by atoms with Crippen molar-refractivity contribution in [2.45, 2.75) is 38.2 Å². The first kappa shape index (κ1) is 19.4. The second-order valence-corrected chi connectivity index (χ2v) is 7.52. The maximum Gasteiger partial charge on any atom is 0.260 e. The van der Waals surface area contributed by atoms with Gasteiger partial charge in [-0.2, -0.15) is 0 Å². The van der Waals surface area contributed by atoms with Gasteiger partial charge in [0.15, 0.2) is 0 Å². The topological polar surface area (TPSA) is 62.3 Å². The number of anilines is 1. The Balaban J connectivity index is 1.49. The normalized spacial score (nSPS) is 20.6. The van der Waals surface area contributed by atoms with Gasteiger partial charge in [-0.25, -0.2) is 13.2 Å². The molecule has 0 spiro atoms. The molecule has 0 bridgehead atoms. The number of aromatic nitrogens is 1. The van der Waals surface area contributed by atoms with Crippen LogP contribution in [0.4, 0.5) is 18.9 Å². The van der Waals surface area contributed by atoms with Crippen LogP contribution in [-0.2, 0) is 11.2 Å². The minimum absolute atomic E-state index is 0.332. The molecule has 29 heavy (non-hydrogen) atoms. The lowest BCUT2D eigenvalue weighted by molar-refractivity contribution is -0.121. The third kappa shape index (κ3) is 3.83. The molecule has 1 fully saturated rings. The van der Waals surface area contributed by atoms with Crippen molar-refractivity contribution in [1.29, 1.82) is 0 Å². The SMILES string of the molecule is CC(NC(=O)c1ccc(F)cc1)c1ccc2c(n1)CCCN2C(=O)[C@H]1CC1(F)F. The molecule has 8 heteroatoms. The highest BCUT2D eigenvalue weighted by Crippen LogP contribution is 2.50. The molecule has 152 valence electrons. The monoisotopic (exact) mass is 403 g/mol. The summed E-state index contributed by atoms with van der Waals surface area (Å²) in [6.07, 6.45) is 0.881. The van der Waals surface area contributed by atoms with E-state index in [2.05, 4.69) is 10.3 Å². The number of carbonyl (C=O) groups excluding carboxylic acids is 2. The van der Waals surface area contributed by atoms with Gasteiger partial charge in [0.05, 0.1) is 23.1 Å². The summed E-state index contributed by atoms with van der Waals surface area (Å²) < 4.78 is 39.6. The number of amides is 2. The maximum absolute atomic E-state index is 13.3. The molecule has 2 heterocycles. The summed E-state index contributed by atoms with van der Waals surface area (Å²) in [6, 6.07) is 8.19. The van der Waals surface area contributed by atoms with Gasteiger partial charge in [0, 0.05) is 18.5 Å². The van der Waals surface area contributed by atoms with Crippen molar-refractivity contribution in [3.8, 4) is 0 Å². The molecule has 1 aliphatic heterocycles. The Morgan fingerprint density at radius 1 is 1.21 bits per heavy atom. The van der Waals surface area contributed by atoms with Gasteiger partial charge in [0.25, 0.3) is 11.8 Å². The van der Waals surface area contributed by atoms with Crippen LogP contribution in [-0.4, -0.2) is 29.3 Å². The molecule has 2 aromatic rings. The molecular formula is C21H20F3N3O2. The summed E-state index contributed by atoms with van der Waals surface area (Å²) in [5.74, 6) is -5.47. The van der Waals surface area contributed by atoms with Gasteiger partial charge >= 0.3 is 0 Å². The van der Waals surface area contributed by atoms with Crippen molar-refractivity contribution in [3.05, 3.63) is 59.2 Å². The highest BCUT2D eigenvalue weighted by molar-refractivity contribution is 5.98. The molecule has 2 aliphatic rings. The van der Waals surface area contributed by atoms with Crippen LogP contribution in [0, 0.1) is 11.7 Å². The molecule has 1 aromatic carbocycles. The first-order valence-electron chi connectivity index (χ1n) is 9.52. The number of carbonyl (C=O) groups is 2. The molecule has 1 N–H and O–H groups in total. The minimum Gasteiger partial charge on any atom is -0.344 e. The standard InChI is InChI=1S/C21H20F3N3O2/c1-12(25-19(28)13-4-6-14(22)7-5-13)16-8-9-18-17(26-16)3-2-10-27(18)20(29)15-11-21(15,23)24/h4-9,12,15H,2-3,10-11H2,1H3,(H,25,28)/t12?,15-/m1/s1. The fourth-order valence-corrected chi connectivity index (χ4v) is 3.56. The Morgan fingerprint density at radius 2 is 1.90 bits per heavy atom. The Morgan fingerprint density at radius 3 is 2.55 bits per heavy atom. The van der Waals surface area contributed by atoms with Crippen LogP contribution in [0.15, 0.2) is 36.4 Å². The quantitative estimate of drug-likeness (QED) is 0.848. The molecule has 2 atom stereocenters. The maximum atomic E-state index is 13.3. The zero-order valence-electron chi connectivity index (χ0n) is 15.8. The summed E-state index contributed by atoms with van der Waals surface area (Å²) >= 11 is 0. The molecule has 0 saturated heterocycles. The van der Waals surface area contributed by atoms with Crippen LogP contribution in [0.3, 0.4) is 0 Å². The lowest BCUT2D eigenvalue weighted by Crippen LogP contribution is -2.38. The Hall–Kier alpha value is -2.90. The number of nitrogens with zero attached hydrogens (tertiary/aromatic N) is 2. The molecule has 5 nitrogen and oxygen atoms in total. The summed E-state index contributed by atoms with van der Waals surface area (Å²) in [5, 5.41) is 2.81. The van der Waals surface area contributed by atoms with Gasteiger partial charge in [-0.3, -0.25) is 14.6 Å². The average Bonchev–Trinajstić information content (AvgIpc) is 3.35. The zero-order valence-corrected chi connectivity index (χ0v) is 15.8. The second-order valence-electron chi connectivity index (χ2n) is 7.52. The Bertz CT molecular complexity index is 962. The van der Waals surface area contributed by atoms with Gasteiger partial charge in [-0.15, -0.1) is 0 Å². The van der Waals surface area contributed by atoms with Crippen molar-refractivity contribution in [2.75, 3.05) is 11.4 Å². The lowest BCUT2D eigenvalue weighted by Gasteiger charge is -2.29. The second kappa shape index (κ2) is 7.17. The predicted octanol–water partition coefficient (Wildman–Crippen LogP) is 3.65. The number of aryl methyl sites for hydroxylation is 1. The number of hydrogen-bond donors (Lipinski definition) is 1. The fourth-order valence-electron chi connectivity index (χ4n) is 3.56. The van der Waals surface area contributed by atoms with Gasteiger partial charge in [0.2, 0.25) is 5.91 Å². The highest BCUT2D eigenvalue weighted by atomic mass is 19.3. The number of rotatable bonds is 4. The molecule has 4 rings (SSSR count). The summed E-state index contributed by atoms with van der Waals surface area (Å²) in [4.78, 5) is 30.7. The van der Waals surface area contributed by atoms with Crippen molar-refractivity contribution in [3.63, 3.8) is 0 Å². The van der Waals surface area contributed by atoms with E-state index in [4.69, 9.17) is 0 Å². The van der Waals surface area contributed by atoms with Crippen molar-refractivity contribution < 1.29 is 22.8 Å². The first-order chi connectivity index (χ1) is 13.8. The van der Waals surface area contributed by atoms with Crippen LogP contribution < -0.4 is 10.2 Å². The van der Waals surface area contributed by atoms with E-state index < -0.39 is 36.0 Å².